The Labute approximate surface area is 345 Å². The number of ether oxygens (including phenoxy) is 2. The maximum atomic E-state index is 7.43. The third-order valence-corrected chi connectivity index (χ3v) is 13.0. The summed E-state index contributed by atoms with van der Waals surface area (Å²) in [6, 6.07) is 57.3. The summed E-state index contributed by atoms with van der Waals surface area (Å²) >= 11 is 0. The smallest absolute Gasteiger partial charge is 0.261 e. The number of para-hydroxylation sites is 2. The van der Waals surface area contributed by atoms with E-state index in [-0.39, 0.29) is 12.1 Å². The molecule has 1 aliphatic carbocycles. The minimum Gasteiger partial charge on any atom is -0.458 e. The van der Waals surface area contributed by atoms with Crippen molar-refractivity contribution in [1.82, 2.24) is 4.57 Å². The normalized spacial score (nSPS) is 13.9. The molecule has 0 amide bonds. The van der Waals surface area contributed by atoms with Gasteiger partial charge in [0.2, 0.25) is 0 Å². The molecule has 2 aliphatic heterocycles. The number of fused-ring (bicyclic) bond motifs is 11. The summed E-state index contributed by atoms with van der Waals surface area (Å²) in [5, 5.41) is 2.52. The summed E-state index contributed by atoms with van der Waals surface area (Å²) in [4.78, 5) is 2.29. The Kier molecular flexibility index (Phi) is 7.09. The number of nitrogens with zero attached hydrogens (tertiary/aromatic N) is 2. The molecule has 0 atom stereocenters. The quantitative estimate of drug-likeness (QED) is 0.167. The summed E-state index contributed by atoms with van der Waals surface area (Å²) < 4.78 is 16.9. The van der Waals surface area contributed by atoms with E-state index in [0.717, 1.165) is 51.2 Å². The third-order valence-electron chi connectivity index (χ3n) is 13.0. The van der Waals surface area contributed by atoms with Crippen LogP contribution in [-0.4, -0.2) is 11.3 Å². The molecule has 0 saturated heterocycles. The van der Waals surface area contributed by atoms with Gasteiger partial charge in [0, 0.05) is 56.8 Å². The SMILES string of the molecule is Cc1ccc2c(c1)B1c3c(cc(N(c4ccccc4)c4ccccc4)cc3Oc3cc(-n4c5ccc(C)cc5c5cc(C)ccc54)c4c(c31)C(C)(C)c1ccccc1-4)O2. The number of hydrogen-bond donors (Lipinski definition) is 0. The van der Waals surface area contributed by atoms with Gasteiger partial charge in [0.25, 0.3) is 6.71 Å². The van der Waals surface area contributed by atoms with Gasteiger partial charge in [0.05, 0.1) is 22.4 Å². The lowest BCUT2D eigenvalue weighted by Crippen LogP contribution is -2.59. The minimum atomic E-state index is -0.321. The fourth-order valence-electron chi connectivity index (χ4n) is 10.5. The fraction of sp³-hybridized carbons (Fsp3) is 0.111. The van der Waals surface area contributed by atoms with Crippen LogP contribution in [0.4, 0.5) is 17.1 Å². The Balaban J connectivity index is 1.19. The molecule has 0 radical (unpaired) electrons. The van der Waals surface area contributed by atoms with Crippen molar-refractivity contribution in [2.24, 2.45) is 0 Å². The van der Waals surface area contributed by atoms with Gasteiger partial charge in [0.1, 0.15) is 23.0 Å². The van der Waals surface area contributed by atoms with Gasteiger partial charge in [-0.25, -0.2) is 0 Å². The zero-order valence-electron chi connectivity index (χ0n) is 33.8. The monoisotopic (exact) mass is 760 g/mol. The Hall–Kier alpha value is -6.98. The van der Waals surface area contributed by atoms with E-state index < -0.39 is 0 Å². The van der Waals surface area contributed by atoms with Crippen molar-refractivity contribution in [2.45, 2.75) is 40.0 Å². The van der Waals surface area contributed by atoms with Crippen molar-refractivity contribution in [2.75, 3.05) is 4.90 Å². The van der Waals surface area contributed by atoms with Crippen molar-refractivity contribution < 1.29 is 9.47 Å². The maximum Gasteiger partial charge on any atom is 0.261 e. The van der Waals surface area contributed by atoms with Crippen LogP contribution in [0.2, 0.25) is 0 Å². The van der Waals surface area contributed by atoms with E-state index >= 15 is 0 Å². The average molecular weight is 761 g/mol. The molecular formula is C54H41BN2O2. The first-order valence-electron chi connectivity index (χ1n) is 20.6. The highest BCUT2D eigenvalue weighted by atomic mass is 16.5. The first kappa shape index (κ1) is 34.1. The van der Waals surface area contributed by atoms with E-state index in [9.17, 15) is 0 Å². The van der Waals surface area contributed by atoms with Crippen LogP contribution >= 0.6 is 0 Å². The largest absolute Gasteiger partial charge is 0.458 e. The Morgan fingerprint density at radius 1 is 0.508 bits per heavy atom. The number of anilines is 3. The number of benzene rings is 8. The van der Waals surface area contributed by atoms with E-state index in [0.29, 0.717) is 0 Å². The molecule has 4 nitrogen and oxygen atoms in total. The van der Waals surface area contributed by atoms with Crippen LogP contribution in [0.5, 0.6) is 23.0 Å². The molecule has 59 heavy (non-hydrogen) atoms. The highest BCUT2D eigenvalue weighted by Crippen LogP contribution is 2.54. The second kappa shape index (κ2) is 12.3. The molecule has 0 fully saturated rings. The van der Waals surface area contributed by atoms with Crippen LogP contribution in [0, 0.1) is 20.8 Å². The number of aryl methyl sites for hydroxylation is 3. The summed E-state index contributed by atoms with van der Waals surface area (Å²) in [6.45, 7) is 11.2. The first-order chi connectivity index (χ1) is 28.7. The standard InChI is InChI=1S/C54H41BN2O2/c1-32-20-23-43-39(26-32)40-27-33(2)21-24-44(40)57(43)45-31-49-53(51-50(45)38-18-12-13-19-41(38)54(51,4)5)55-42-28-34(3)22-25-46(42)58-47-29-37(30-48(59-49)52(47)55)56(35-14-8-6-9-15-35)36-16-10-7-11-17-36/h6-31H,1-5H3. The molecular weight excluding hydrogens is 719 g/mol. The van der Waals surface area contributed by atoms with Crippen molar-refractivity contribution in [3.63, 3.8) is 0 Å². The lowest BCUT2D eigenvalue weighted by molar-refractivity contribution is 0.463. The molecule has 0 unspecified atom stereocenters. The maximum absolute atomic E-state index is 7.43. The molecule has 3 heterocycles. The van der Waals surface area contributed by atoms with Gasteiger partial charge in [-0.1, -0.05) is 115 Å². The van der Waals surface area contributed by atoms with E-state index in [1.165, 1.54) is 71.7 Å². The second-order valence-corrected chi connectivity index (χ2v) is 17.1. The highest BCUT2D eigenvalue weighted by molar-refractivity contribution is 6.98. The van der Waals surface area contributed by atoms with Crippen LogP contribution in [0.1, 0.15) is 41.7 Å². The summed E-state index contributed by atoms with van der Waals surface area (Å²) in [7, 11) is 0. The molecule has 0 bridgehead atoms. The minimum absolute atomic E-state index is 0.108. The topological polar surface area (TPSA) is 26.6 Å². The number of aromatic nitrogens is 1. The fourth-order valence-corrected chi connectivity index (χ4v) is 10.5. The molecule has 8 aromatic carbocycles. The van der Waals surface area contributed by atoms with Gasteiger partial charge >= 0.3 is 0 Å². The van der Waals surface area contributed by atoms with Gasteiger partial charge < -0.3 is 18.9 Å². The van der Waals surface area contributed by atoms with Crippen molar-refractivity contribution in [3.05, 3.63) is 186 Å². The first-order valence-corrected chi connectivity index (χ1v) is 20.6. The van der Waals surface area contributed by atoms with Crippen LogP contribution in [0.25, 0.3) is 38.6 Å². The van der Waals surface area contributed by atoms with Crippen LogP contribution in [0.3, 0.4) is 0 Å². The molecule has 12 rings (SSSR count). The summed E-state index contributed by atoms with van der Waals surface area (Å²) in [5.74, 6) is 3.40. The van der Waals surface area contributed by atoms with E-state index in [1.54, 1.807) is 0 Å². The van der Waals surface area contributed by atoms with E-state index in [2.05, 4.69) is 202 Å². The zero-order valence-corrected chi connectivity index (χ0v) is 33.8. The van der Waals surface area contributed by atoms with Crippen molar-refractivity contribution in [3.8, 4) is 39.8 Å². The lowest BCUT2D eigenvalue weighted by Gasteiger charge is -2.38. The van der Waals surface area contributed by atoms with Gasteiger partial charge in [-0.15, -0.1) is 0 Å². The van der Waals surface area contributed by atoms with Crippen LogP contribution < -0.4 is 30.8 Å². The summed E-state index contributed by atoms with van der Waals surface area (Å²) in [5.41, 5.74) is 18.6. The average Bonchev–Trinajstić information content (AvgIpc) is 3.68. The van der Waals surface area contributed by atoms with Gasteiger partial charge in [-0.3, -0.25) is 0 Å². The highest BCUT2D eigenvalue weighted by Gasteiger charge is 2.49. The van der Waals surface area contributed by atoms with E-state index in [1.807, 2.05) is 0 Å². The molecule has 282 valence electrons. The Morgan fingerprint density at radius 2 is 1.05 bits per heavy atom. The molecule has 0 spiro atoms. The Morgan fingerprint density at radius 3 is 1.69 bits per heavy atom. The molecule has 5 heteroatoms. The molecule has 0 N–H and O–H groups in total. The van der Waals surface area contributed by atoms with E-state index in [4.69, 9.17) is 9.47 Å². The van der Waals surface area contributed by atoms with Crippen LogP contribution in [-0.2, 0) is 5.41 Å². The number of hydrogen-bond acceptors (Lipinski definition) is 3. The number of rotatable bonds is 4. The van der Waals surface area contributed by atoms with Gasteiger partial charge in [0.15, 0.2) is 0 Å². The predicted octanol–water partition coefficient (Wildman–Crippen LogP) is 12.2. The second-order valence-electron chi connectivity index (χ2n) is 17.1. The molecule has 3 aliphatic rings. The van der Waals surface area contributed by atoms with Crippen molar-refractivity contribution >= 4 is 62.0 Å². The van der Waals surface area contributed by atoms with Gasteiger partial charge in [-0.05, 0) is 103 Å². The van der Waals surface area contributed by atoms with Crippen LogP contribution in [0.15, 0.2) is 158 Å². The third kappa shape index (κ3) is 4.85. The molecule has 0 saturated carbocycles. The Bertz CT molecular complexity index is 3140. The van der Waals surface area contributed by atoms with Gasteiger partial charge in [-0.2, -0.15) is 0 Å². The lowest BCUT2D eigenvalue weighted by atomic mass is 9.33. The molecule has 1 aromatic heterocycles. The summed E-state index contributed by atoms with van der Waals surface area (Å²) in [6.07, 6.45) is 0. The predicted molar refractivity (Wildman–Crippen MR) is 245 cm³/mol. The molecule has 9 aromatic rings. The van der Waals surface area contributed by atoms with Crippen molar-refractivity contribution in [1.29, 1.82) is 0 Å². The zero-order chi connectivity index (χ0) is 39.7.